The van der Waals surface area contributed by atoms with Crippen LogP contribution in [-0.4, -0.2) is 28.1 Å². The molecule has 0 radical (unpaired) electrons. The van der Waals surface area contributed by atoms with E-state index in [9.17, 15) is 9.59 Å². The van der Waals surface area contributed by atoms with E-state index in [1.54, 1.807) is 18.2 Å². The fourth-order valence-electron chi connectivity index (χ4n) is 2.55. The molecule has 3 rings (SSSR count). The smallest absolute Gasteiger partial charge is 0.329 e. The van der Waals surface area contributed by atoms with Crippen LogP contribution in [0.5, 0.6) is 0 Å². The number of carbonyl (C=O) groups excluding carboxylic acids is 2. The zero-order chi connectivity index (χ0) is 20.1. The van der Waals surface area contributed by atoms with E-state index in [0.29, 0.717) is 11.4 Å². The minimum absolute atomic E-state index is 0.148. The molecule has 0 saturated carbocycles. The average Bonchev–Trinajstić information content (AvgIpc) is 3.35. The molecule has 0 fully saturated rings. The van der Waals surface area contributed by atoms with Crippen molar-refractivity contribution < 1.29 is 18.8 Å². The van der Waals surface area contributed by atoms with Gasteiger partial charge < -0.3 is 14.6 Å². The Kier molecular flexibility index (Phi) is 6.20. The Morgan fingerprint density at radius 1 is 1.29 bits per heavy atom. The zero-order valence-electron chi connectivity index (χ0n) is 15.8. The van der Waals surface area contributed by atoms with E-state index in [4.69, 9.17) is 9.26 Å². The number of esters is 1. The fourth-order valence-corrected chi connectivity index (χ4v) is 3.19. The number of amides is 1. The lowest BCUT2D eigenvalue weighted by atomic mass is 10.0. The molecule has 7 nitrogen and oxygen atoms in total. The SMILES string of the molecule is Cc1cccc(C(=O)N[C@H](C(=O)OCc2nc(-c3ccsc3)no2)C(C)C)c1. The number of hydrogen-bond acceptors (Lipinski definition) is 7. The van der Waals surface area contributed by atoms with Gasteiger partial charge in [0.05, 0.1) is 0 Å². The van der Waals surface area contributed by atoms with Crippen LogP contribution in [0.1, 0.15) is 35.7 Å². The van der Waals surface area contributed by atoms with Crippen LogP contribution in [0, 0.1) is 12.8 Å². The zero-order valence-corrected chi connectivity index (χ0v) is 16.7. The van der Waals surface area contributed by atoms with Crippen LogP contribution in [0.3, 0.4) is 0 Å². The van der Waals surface area contributed by atoms with Crippen LogP contribution in [-0.2, 0) is 16.1 Å². The van der Waals surface area contributed by atoms with E-state index >= 15 is 0 Å². The lowest BCUT2D eigenvalue weighted by molar-refractivity contribution is -0.149. The van der Waals surface area contributed by atoms with Crippen molar-refractivity contribution in [3.05, 3.63) is 58.1 Å². The second-order valence-electron chi connectivity index (χ2n) is 6.70. The number of rotatable bonds is 7. The molecular weight excluding hydrogens is 378 g/mol. The van der Waals surface area contributed by atoms with Crippen molar-refractivity contribution in [3.63, 3.8) is 0 Å². The molecule has 146 valence electrons. The molecule has 0 bridgehead atoms. The van der Waals surface area contributed by atoms with Crippen molar-refractivity contribution in [2.24, 2.45) is 5.92 Å². The number of nitrogens with one attached hydrogen (secondary N) is 1. The first-order chi connectivity index (χ1) is 13.4. The number of carbonyl (C=O) groups is 2. The third-order valence-corrected chi connectivity index (χ3v) is 4.76. The number of aromatic nitrogens is 2. The lowest BCUT2D eigenvalue weighted by Crippen LogP contribution is -2.45. The Morgan fingerprint density at radius 2 is 2.11 bits per heavy atom. The molecule has 3 aromatic rings. The molecule has 2 aromatic heterocycles. The maximum absolute atomic E-state index is 12.5. The highest BCUT2D eigenvalue weighted by Gasteiger charge is 2.27. The molecule has 0 aliphatic carbocycles. The van der Waals surface area contributed by atoms with Crippen molar-refractivity contribution in [1.29, 1.82) is 0 Å². The van der Waals surface area contributed by atoms with Gasteiger partial charge in [-0.2, -0.15) is 16.3 Å². The Balaban J connectivity index is 1.61. The molecule has 28 heavy (non-hydrogen) atoms. The van der Waals surface area contributed by atoms with E-state index in [1.807, 2.05) is 43.7 Å². The van der Waals surface area contributed by atoms with E-state index in [-0.39, 0.29) is 24.3 Å². The molecule has 0 spiro atoms. The molecule has 0 aliphatic heterocycles. The van der Waals surface area contributed by atoms with Crippen LogP contribution in [0.2, 0.25) is 0 Å². The van der Waals surface area contributed by atoms with Gasteiger partial charge in [-0.15, -0.1) is 0 Å². The number of hydrogen-bond donors (Lipinski definition) is 1. The van der Waals surface area contributed by atoms with E-state index < -0.39 is 12.0 Å². The average molecular weight is 399 g/mol. The van der Waals surface area contributed by atoms with Gasteiger partial charge in [0, 0.05) is 16.5 Å². The Morgan fingerprint density at radius 3 is 2.79 bits per heavy atom. The van der Waals surface area contributed by atoms with Gasteiger partial charge in [0.15, 0.2) is 6.61 Å². The first kappa shape index (κ1) is 19.8. The van der Waals surface area contributed by atoms with Gasteiger partial charge in [0.1, 0.15) is 6.04 Å². The lowest BCUT2D eigenvalue weighted by Gasteiger charge is -2.20. The highest BCUT2D eigenvalue weighted by Crippen LogP contribution is 2.19. The maximum Gasteiger partial charge on any atom is 0.329 e. The third-order valence-electron chi connectivity index (χ3n) is 4.07. The minimum Gasteiger partial charge on any atom is -0.454 e. The highest BCUT2D eigenvalue weighted by atomic mass is 32.1. The first-order valence-electron chi connectivity index (χ1n) is 8.83. The molecule has 1 amide bonds. The summed E-state index contributed by atoms with van der Waals surface area (Å²) in [6.07, 6.45) is 0. The Hall–Kier alpha value is -3.00. The predicted octanol–water partition coefficient (Wildman–Crippen LogP) is 3.60. The molecule has 0 aliphatic rings. The molecule has 0 saturated heterocycles. The van der Waals surface area contributed by atoms with Gasteiger partial charge in [0.25, 0.3) is 11.8 Å². The fraction of sp³-hybridized carbons (Fsp3) is 0.300. The summed E-state index contributed by atoms with van der Waals surface area (Å²) in [6.45, 7) is 5.42. The summed E-state index contributed by atoms with van der Waals surface area (Å²) >= 11 is 1.53. The number of thiophene rings is 1. The van der Waals surface area contributed by atoms with Crippen LogP contribution in [0.25, 0.3) is 11.4 Å². The Labute approximate surface area is 166 Å². The van der Waals surface area contributed by atoms with Crippen molar-refractivity contribution in [3.8, 4) is 11.4 Å². The standard InChI is InChI=1S/C20H21N3O4S/c1-12(2)17(22-19(24)14-6-4-5-13(3)9-14)20(25)26-10-16-21-18(23-27-16)15-7-8-28-11-15/h4-9,11-12,17H,10H2,1-3H3,(H,22,24)/t17-/m0/s1. The molecule has 1 aromatic carbocycles. The summed E-state index contributed by atoms with van der Waals surface area (Å²) in [5.41, 5.74) is 2.31. The molecule has 1 N–H and O–H groups in total. The van der Waals surface area contributed by atoms with Crippen molar-refractivity contribution in [2.75, 3.05) is 0 Å². The Bertz CT molecular complexity index is 950. The third kappa shape index (κ3) is 4.83. The summed E-state index contributed by atoms with van der Waals surface area (Å²) < 4.78 is 10.4. The molecule has 1 atom stereocenters. The van der Waals surface area contributed by atoms with Crippen molar-refractivity contribution in [2.45, 2.75) is 33.4 Å². The van der Waals surface area contributed by atoms with Gasteiger partial charge in [0.2, 0.25) is 5.82 Å². The summed E-state index contributed by atoms with van der Waals surface area (Å²) in [5.74, 6) is -0.379. The van der Waals surface area contributed by atoms with E-state index in [1.165, 1.54) is 11.3 Å². The summed E-state index contributed by atoms with van der Waals surface area (Å²) in [6, 6.07) is 8.26. The minimum atomic E-state index is -0.785. The predicted molar refractivity (Wildman–Crippen MR) is 105 cm³/mol. The van der Waals surface area contributed by atoms with Gasteiger partial charge in [-0.05, 0) is 36.4 Å². The van der Waals surface area contributed by atoms with Crippen LogP contribution < -0.4 is 5.32 Å². The van der Waals surface area contributed by atoms with Crippen molar-refractivity contribution in [1.82, 2.24) is 15.5 Å². The largest absolute Gasteiger partial charge is 0.454 e. The second-order valence-corrected chi connectivity index (χ2v) is 7.48. The highest BCUT2D eigenvalue weighted by molar-refractivity contribution is 7.08. The topological polar surface area (TPSA) is 94.3 Å². The number of ether oxygens (including phenoxy) is 1. The number of benzene rings is 1. The van der Waals surface area contributed by atoms with E-state index in [0.717, 1.165) is 11.1 Å². The van der Waals surface area contributed by atoms with Gasteiger partial charge >= 0.3 is 5.97 Å². The van der Waals surface area contributed by atoms with Gasteiger partial charge in [-0.25, -0.2) is 4.79 Å². The van der Waals surface area contributed by atoms with Crippen LogP contribution in [0.4, 0.5) is 0 Å². The quantitative estimate of drug-likeness (QED) is 0.610. The van der Waals surface area contributed by atoms with Crippen LogP contribution in [0.15, 0.2) is 45.6 Å². The molecule has 2 heterocycles. The van der Waals surface area contributed by atoms with Crippen LogP contribution >= 0.6 is 11.3 Å². The molecular formula is C20H21N3O4S. The van der Waals surface area contributed by atoms with Gasteiger partial charge in [-0.3, -0.25) is 4.79 Å². The molecule has 0 unspecified atom stereocenters. The first-order valence-corrected chi connectivity index (χ1v) is 9.77. The number of nitrogens with zero attached hydrogens (tertiary/aromatic N) is 2. The monoisotopic (exact) mass is 399 g/mol. The molecule has 8 heteroatoms. The van der Waals surface area contributed by atoms with Crippen molar-refractivity contribution >= 4 is 23.2 Å². The van der Waals surface area contributed by atoms with E-state index in [2.05, 4.69) is 15.5 Å². The van der Waals surface area contributed by atoms with Gasteiger partial charge in [-0.1, -0.05) is 36.7 Å². The second kappa shape index (κ2) is 8.79. The number of aryl methyl sites for hydroxylation is 1. The summed E-state index contributed by atoms with van der Waals surface area (Å²) in [7, 11) is 0. The maximum atomic E-state index is 12.5. The normalized spacial score (nSPS) is 12.0. The summed E-state index contributed by atoms with van der Waals surface area (Å²) in [4.78, 5) is 29.2. The summed E-state index contributed by atoms with van der Waals surface area (Å²) in [5, 5.41) is 10.4.